The monoisotopic (exact) mass is 406 g/mol. The third-order valence-electron chi connectivity index (χ3n) is 10.8. The minimum absolute atomic E-state index is 0.223. The Bertz CT molecular complexity index is 819. The number of benzene rings is 1. The van der Waals surface area contributed by atoms with Crippen molar-refractivity contribution in [2.75, 3.05) is 0 Å². The minimum atomic E-state index is 0.223. The molecule has 0 aliphatic heterocycles. The van der Waals surface area contributed by atoms with E-state index in [0.29, 0.717) is 11.2 Å². The number of ketones is 1. The minimum Gasteiger partial charge on any atom is -0.294 e. The van der Waals surface area contributed by atoms with Crippen LogP contribution in [0.4, 0.5) is 0 Å². The van der Waals surface area contributed by atoms with Crippen molar-refractivity contribution in [2.24, 2.45) is 46.3 Å². The number of hydrogen-bond donors (Lipinski definition) is 0. The normalized spacial score (nSPS) is 45.4. The summed E-state index contributed by atoms with van der Waals surface area (Å²) in [6.07, 6.45) is 12.3. The van der Waals surface area contributed by atoms with E-state index in [0.717, 1.165) is 41.6 Å². The number of hydrogen-bond acceptors (Lipinski definition) is 1. The average Bonchev–Trinajstić information content (AvgIpc) is 3.04. The van der Waals surface area contributed by atoms with Crippen LogP contribution >= 0.6 is 0 Å². The van der Waals surface area contributed by atoms with Crippen LogP contribution in [-0.4, -0.2) is 5.78 Å². The van der Waals surface area contributed by atoms with Gasteiger partial charge in [-0.25, -0.2) is 0 Å². The van der Waals surface area contributed by atoms with Crippen molar-refractivity contribution in [3.05, 3.63) is 34.9 Å². The number of Topliss-reactive ketones (excluding diaryl/α,β-unsaturated/α-hetero) is 1. The Hall–Kier alpha value is -1.11. The van der Waals surface area contributed by atoms with Crippen LogP contribution < -0.4 is 0 Å². The summed E-state index contributed by atoms with van der Waals surface area (Å²) in [7, 11) is 0. The molecule has 164 valence electrons. The molecule has 0 bridgehead atoms. The highest BCUT2D eigenvalue weighted by Crippen LogP contribution is 2.68. The van der Waals surface area contributed by atoms with Crippen LogP contribution in [0.25, 0.3) is 0 Å². The van der Waals surface area contributed by atoms with Gasteiger partial charge in [0, 0.05) is 11.5 Å². The molecule has 4 fully saturated rings. The molecule has 0 amide bonds. The van der Waals surface area contributed by atoms with Gasteiger partial charge in [-0.3, -0.25) is 4.79 Å². The maximum atomic E-state index is 13.7. The van der Waals surface area contributed by atoms with Gasteiger partial charge in [-0.1, -0.05) is 44.4 Å². The zero-order chi connectivity index (χ0) is 21.3. The molecule has 0 N–H and O–H groups in total. The number of carbonyl (C=O) groups is 1. The lowest BCUT2D eigenvalue weighted by atomic mass is 9.44. The van der Waals surface area contributed by atoms with Gasteiger partial charge in [0.2, 0.25) is 0 Å². The Balaban J connectivity index is 1.41. The van der Waals surface area contributed by atoms with E-state index in [4.69, 9.17) is 0 Å². The predicted molar refractivity (Wildman–Crippen MR) is 125 cm³/mol. The van der Waals surface area contributed by atoms with Gasteiger partial charge in [-0.15, -0.1) is 0 Å². The molecule has 0 radical (unpaired) electrons. The zero-order valence-corrected chi connectivity index (χ0v) is 20.0. The fraction of sp³-hybridized carbons (Fsp3) is 0.759. The molecule has 4 saturated carbocycles. The average molecular weight is 407 g/mol. The van der Waals surface area contributed by atoms with Gasteiger partial charge < -0.3 is 0 Å². The summed E-state index contributed by atoms with van der Waals surface area (Å²) in [5.74, 6) is 5.12. The number of aryl methyl sites for hydroxylation is 2. The first-order valence-corrected chi connectivity index (χ1v) is 12.8. The molecule has 8 atom stereocenters. The second kappa shape index (κ2) is 7.21. The van der Waals surface area contributed by atoms with Gasteiger partial charge in [-0.2, -0.15) is 0 Å². The van der Waals surface area contributed by atoms with Crippen LogP contribution in [0.1, 0.15) is 100 Å². The number of carbonyl (C=O) groups excluding carboxylic acids is 1. The Morgan fingerprint density at radius 1 is 0.833 bits per heavy atom. The van der Waals surface area contributed by atoms with Crippen molar-refractivity contribution in [3.63, 3.8) is 0 Å². The predicted octanol–water partition coefficient (Wildman–Crippen LogP) is 7.78. The molecule has 5 rings (SSSR count). The van der Waals surface area contributed by atoms with Crippen molar-refractivity contribution in [1.82, 2.24) is 0 Å². The fourth-order valence-electron chi connectivity index (χ4n) is 9.22. The van der Waals surface area contributed by atoms with Crippen molar-refractivity contribution in [3.8, 4) is 0 Å². The first-order valence-electron chi connectivity index (χ1n) is 12.8. The molecular formula is C29H42O. The largest absolute Gasteiger partial charge is 0.294 e. The highest BCUT2D eigenvalue weighted by Gasteiger charge is 2.61. The van der Waals surface area contributed by atoms with E-state index in [2.05, 4.69) is 52.8 Å². The third-order valence-corrected chi connectivity index (χ3v) is 10.8. The topological polar surface area (TPSA) is 17.1 Å². The molecule has 0 heterocycles. The maximum absolute atomic E-state index is 13.7. The van der Waals surface area contributed by atoms with Gasteiger partial charge in [0.1, 0.15) is 0 Å². The van der Waals surface area contributed by atoms with Crippen molar-refractivity contribution >= 4 is 5.78 Å². The summed E-state index contributed by atoms with van der Waals surface area (Å²) >= 11 is 0. The van der Waals surface area contributed by atoms with Gasteiger partial charge in [-0.05, 0) is 118 Å². The van der Waals surface area contributed by atoms with Crippen LogP contribution in [0.15, 0.2) is 18.2 Å². The highest BCUT2D eigenvalue weighted by molar-refractivity contribution is 5.99. The molecule has 0 saturated heterocycles. The van der Waals surface area contributed by atoms with E-state index in [9.17, 15) is 4.79 Å². The van der Waals surface area contributed by atoms with E-state index < -0.39 is 0 Å². The first-order chi connectivity index (χ1) is 14.2. The second-order valence-corrected chi connectivity index (χ2v) is 12.5. The standard InChI is InChI=1S/C29H42O/c1-18-10-12-28(4)22(17-18)6-7-23-24-8-9-26(29(24,5)13-11-25(23)28)27(30)21-15-19(2)14-20(3)16-21/h14-16,18,22-26H,6-13,17H2,1-5H3. The molecule has 4 aliphatic rings. The Labute approximate surface area is 184 Å². The van der Waals surface area contributed by atoms with Crippen LogP contribution in [-0.2, 0) is 0 Å². The molecule has 4 aliphatic carbocycles. The highest BCUT2D eigenvalue weighted by atomic mass is 16.1. The Morgan fingerprint density at radius 3 is 2.23 bits per heavy atom. The lowest BCUT2D eigenvalue weighted by Gasteiger charge is -2.61. The zero-order valence-electron chi connectivity index (χ0n) is 20.0. The molecule has 1 aromatic rings. The van der Waals surface area contributed by atoms with Crippen molar-refractivity contribution in [1.29, 1.82) is 0 Å². The van der Waals surface area contributed by atoms with Crippen molar-refractivity contribution in [2.45, 2.75) is 92.4 Å². The van der Waals surface area contributed by atoms with Crippen LogP contribution in [0, 0.1) is 60.2 Å². The van der Waals surface area contributed by atoms with Gasteiger partial charge in [0.05, 0.1) is 0 Å². The van der Waals surface area contributed by atoms with E-state index in [1.54, 1.807) is 0 Å². The number of fused-ring (bicyclic) bond motifs is 5. The summed E-state index contributed by atoms with van der Waals surface area (Å²) in [5.41, 5.74) is 4.21. The maximum Gasteiger partial charge on any atom is 0.166 e. The molecule has 0 aromatic heterocycles. The van der Waals surface area contributed by atoms with Gasteiger partial charge >= 0.3 is 0 Å². The summed E-state index contributed by atoms with van der Waals surface area (Å²) < 4.78 is 0. The molecule has 1 nitrogen and oxygen atoms in total. The van der Waals surface area contributed by atoms with Crippen molar-refractivity contribution < 1.29 is 4.79 Å². The molecule has 8 unspecified atom stereocenters. The lowest BCUT2D eigenvalue weighted by Crippen LogP contribution is -2.53. The SMILES string of the molecule is Cc1cc(C)cc(C(=O)C2CCC3C4CCC5CC(C)CCC5(C)C4CCC23C)c1. The molecule has 1 heteroatoms. The smallest absolute Gasteiger partial charge is 0.166 e. The van der Waals surface area contributed by atoms with Crippen LogP contribution in [0.3, 0.4) is 0 Å². The van der Waals surface area contributed by atoms with Crippen LogP contribution in [0.2, 0.25) is 0 Å². The molecule has 30 heavy (non-hydrogen) atoms. The molecule has 0 spiro atoms. The summed E-state index contributed by atoms with van der Waals surface area (Å²) in [6, 6.07) is 6.45. The summed E-state index contributed by atoms with van der Waals surface area (Å²) in [5, 5.41) is 0. The van der Waals surface area contributed by atoms with E-state index in [-0.39, 0.29) is 11.3 Å². The molecule has 1 aromatic carbocycles. The molecular weight excluding hydrogens is 364 g/mol. The van der Waals surface area contributed by atoms with E-state index in [1.807, 2.05) is 0 Å². The fourth-order valence-corrected chi connectivity index (χ4v) is 9.22. The summed E-state index contributed by atoms with van der Waals surface area (Å²) in [4.78, 5) is 13.7. The van der Waals surface area contributed by atoms with E-state index >= 15 is 0 Å². The van der Waals surface area contributed by atoms with Gasteiger partial charge in [0.25, 0.3) is 0 Å². The third kappa shape index (κ3) is 3.05. The quantitative estimate of drug-likeness (QED) is 0.458. The number of rotatable bonds is 2. The van der Waals surface area contributed by atoms with Crippen LogP contribution in [0.5, 0.6) is 0 Å². The Kier molecular flexibility index (Phi) is 4.99. The second-order valence-electron chi connectivity index (χ2n) is 12.5. The lowest BCUT2D eigenvalue weighted by molar-refractivity contribution is -0.114. The summed E-state index contributed by atoms with van der Waals surface area (Å²) in [6.45, 7) is 11.9. The Morgan fingerprint density at radius 2 is 1.50 bits per heavy atom. The first kappa shape index (κ1) is 20.8. The van der Waals surface area contributed by atoms with E-state index in [1.165, 1.54) is 62.5 Å². The van der Waals surface area contributed by atoms with Gasteiger partial charge in [0.15, 0.2) is 5.78 Å².